The Bertz CT molecular complexity index is 1890. The summed E-state index contributed by atoms with van der Waals surface area (Å²) in [5.74, 6) is 5.20. The third kappa shape index (κ3) is 11.4. The number of thioether (sulfide) groups is 2. The molecule has 0 amide bonds. The summed E-state index contributed by atoms with van der Waals surface area (Å²) >= 11 is 4.26. The number of fused-ring (bicyclic) bond motifs is 6. The van der Waals surface area contributed by atoms with Crippen LogP contribution in [-0.4, -0.2) is 34.1 Å². The number of hydrogen-bond donors (Lipinski definition) is 0. The Hall–Kier alpha value is -1.16. The maximum atomic E-state index is 5.51. The molecule has 324 valence electrons. The first-order chi connectivity index (χ1) is 24.7. The molecule has 4 aliphatic rings. The molecule has 10 unspecified atom stereocenters. The third-order valence-electron chi connectivity index (χ3n) is 13.4. The molecule has 2 saturated carbocycles. The van der Waals surface area contributed by atoms with Crippen LogP contribution in [0.15, 0.2) is 101 Å². The largest absolute Gasteiger partial charge is 4.00 e. The van der Waals surface area contributed by atoms with Crippen LogP contribution in [0, 0.1) is 82.1 Å². The van der Waals surface area contributed by atoms with Crippen molar-refractivity contribution < 1.29 is 48.2 Å². The van der Waals surface area contributed by atoms with Gasteiger partial charge >= 0.3 is 43.4 Å². The second-order valence-electron chi connectivity index (χ2n) is 17.2. The molecule has 4 aromatic carbocycles. The first-order valence-electron chi connectivity index (χ1n) is 19.4. The second kappa shape index (κ2) is 24.2. The van der Waals surface area contributed by atoms with Crippen LogP contribution in [0.3, 0.4) is 0 Å². The number of rotatable bonds is 7. The topological polar surface area (TPSA) is 37.4 Å². The van der Waals surface area contributed by atoms with Crippen molar-refractivity contribution in [2.45, 2.75) is 111 Å². The molecule has 0 radical (unpaired) electrons. The summed E-state index contributed by atoms with van der Waals surface area (Å²) in [6, 6.07) is 33.0. The van der Waals surface area contributed by atoms with E-state index in [2.05, 4.69) is 170 Å². The maximum absolute atomic E-state index is 5.51. The van der Waals surface area contributed by atoms with Gasteiger partial charge in [0.1, 0.15) is 5.75 Å². The number of methoxy groups -OCH3 is 1. The Morgan fingerprint density at radius 1 is 0.500 bits per heavy atom. The Kier molecular flexibility index (Phi) is 24.6. The zero-order chi connectivity index (χ0) is 37.1. The fraction of sp³-hybridized carbons (Fsp3) is 0.412. The van der Waals surface area contributed by atoms with E-state index in [4.69, 9.17) is 14.7 Å². The van der Waals surface area contributed by atoms with Gasteiger partial charge in [-0.1, -0.05) is 132 Å². The standard InChI is InChI=1S/C23H30NSSi.C22H28NOSSi.6CH3.2Ti/c1-14-10-9-11-15(2)21(14)24-26(5,6)23-17(4)16(3)20-18-12-7-8-13-19(18)25-22(20)23;1-14-15(2)22(21-20(14)18-8-6-7-9-19(18)25-21)26(4,5)23-16-10-12-17(24-3)13-11-16;;;;;;;;/h7-13,16-17,20,22-23H,1-6H3;6-15,20-22H,1-5H3;6*1H3;;/q8*-1;2*+4. The molecule has 10 atom stereocenters. The molecule has 0 saturated heterocycles. The molecule has 2 aliphatic heterocycles. The van der Waals surface area contributed by atoms with Gasteiger partial charge in [-0.05, 0) is 112 Å². The van der Waals surface area contributed by atoms with E-state index in [1.165, 1.54) is 26.6 Å². The van der Waals surface area contributed by atoms with Crippen molar-refractivity contribution in [3.63, 3.8) is 0 Å². The minimum absolute atomic E-state index is 0. The Morgan fingerprint density at radius 3 is 1.28 bits per heavy atom. The van der Waals surface area contributed by atoms with Crippen LogP contribution < -0.4 is 4.74 Å². The Balaban J connectivity index is 0. The van der Waals surface area contributed by atoms with Crippen molar-refractivity contribution in [1.29, 1.82) is 0 Å². The molecular weight excluding hydrogens is 873 g/mol. The molecule has 0 spiro atoms. The van der Waals surface area contributed by atoms with Gasteiger partial charge in [0, 0.05) is 20.3 Å². The van der Waals surface area contributed by atoms with E-state index in [-0.39, 0.29) is 88.0 Å². The average Bonchev–Trinajstić information content (AvgIpc) is 3.81. The molecule has 3 nitrogen and oxygen atoms in total. The summed E-state index contributed by atoms with van der Waals surface area (Å²) in [6.45, 7) is 24.2. The zero-order valence-electron chi connectivity index (χ0n) is 40.1. The average molecular weight is 949 g/mol. The van der Waals surface area contributed by atoms with E-state index in [0.29, 0.717) is 27.9 Å². The smallest absolute Gasteiger partial charge is 0.687 e. The SMILES string of the molecule is COc1ccc([N-][Si](C)(C)C2C(C)C(C)C3c4ccccc4SC32)cc1.Cc1cccc(C)c1[N-][Si](C)(C)C1C(C)C(C)C2c3ccccc3SC21.[CH3-].[CH3-].[CH3-].[CH3-].[CH3-].[CH3-].[Ti+4].[Ti+4]. The first kappa shape index (κ1) is 60.9. The summed E-state index contributed by atoms with van der Waals surface area (Å²) in [5.41, 5.74) is 9.60. The van der Waals surface area contributed by atoms with Crippen LogP contribution in [0.4, 0.5) is 11.4 Å². The van der Waals surface area contributed by atoms with E-state index >= 15 is 0 Å². The van der Waals surface area contributed by atoms with Gasteiger partial charge in [-0.2, -0.15) is 0 Å². The van der Waals surface area contributed by atoms with Crippen molar-refractivity contribution in [2.24, 2.45) is 23.7 Å². The molecule has 4 aromatic rings. The van der Waals surface area contributed by atoms with Crippen molar-refractivity contribution in [1.82, 2.24) is 0 Å². The normalized spacial score (nSPS) is 26.1. The molecule has 2 aliphatic carbocycles. The fourth-order valence-electron chi connectivity index (χ4n) is 10.7. The molecule has 0 bridgehead atoms. The fourth-order valence-corrected chi connectivity index (χ4v) is 23.8. The van der Waals surface area contributed by atoms with Crippen molar-refractivity contribution >= 4 is 51.4 Å². The van der Waals surface area contributed by atoms with Crippen molar-refractivity contribution in [3.8, 4) is 5.75 Å². The van der Waals surface area contributed by atoms with E-state index in [1.807, 2.05) is 12.1 Å². The molecule has 0 aromatic heterocycles. The molecule has 2 heterocycles. The number of nitrogens with zero attached hydrogens (tertiary/aromatic N) is 2. The molecule has 0 N–H and O–H groups in total. The second-order valence-corrected chi connectivity index (χ2v) is 28.1. The zero-order valence-corrected chi connectivity index (χ0v) is 46.8. The first-order valence-corrected chi connectivity index (χ1v) is 27.2. The number of hydrogen-bond acceptors (Lipinski definition) is 3. The van der Waals surface area contributed by atoms with Gasteiger partial charge in [0.15, 0.2) is 0 Å². The van der Waals surface area contributed by atoms with Crippen LogP contribution in [-0.2, 0) is 43.4 Å². The van der Waals surface area contributed by atoms with Gasteiger partial charge in [-0.25, -0.2) is 0 Å². The van der Waals surface area contributed by atoms with Gasteiger partial charge in [0.25, 0.3) is 0 Å². The van der Waals surface area contributed by atoms with E-state index in [0.717, 1.165) is 40.6 Å². The summed E-state index contributed by atoms with van der Waals surface area (Å²) in [6.07, 6.45) is 0. The van der Waals surface area contributed by atoms with Gasteiger partial charge < -0.3 is 59.3 Å². The van der Waals surface area contributed by atoms with E-state index in [1.54, 1.807) is 18.2 Å². The van der Waals surface area contributed by atoms with E-state index < -0.39 is 16.5 Å². The summed E-state index contributed by atoms with van der Waals surface area (Å²) in [7, 11) is -1.89. The molecular formula is C51H76N2OS2Si2Ti2. The Morgan fingerprint density at radius 2 is 0.883 bits per heavy atom. The predicted molar refractivity (Wildman–Crippen MR) is 270 cm³/mol. The van der Waals surface area contributed by atoms with Gasteiger partial charge in [-0.15, -0.1) is 34.9 Å². The Labute approximate surface area is 411 Å². The van der Waals surface area contributed by atoms with E-state index in [9.17, 15) is 0 Å². The predicted octanol–water partition coefficient (Wildman–Crippen LogP) is 16.9. The van der Waals surface area contributed by atoms with Crippen LogP contribution in [0.2, 0.25) is 37.3 Å². The quantitative estimate of drug-likeness (QED) is 0.137. The molecule has 2 fully saturated rings. The minimum atomic E-state index is -1.81. The van der Waals surface area contributed by atoms with Crippen LogP contribution in [0.25, 0.3) is 9.96 Å². The number of aryl methyl sites for hydroxylation is 2. The molecule has 9 heteroatoms. The monoisotopic (exact) mass is 948 g/mol. The van der Waals surface area contributed by atoms with Crippen molar-refractivity contribution in [3.05, 3.63) is 168 Å². The number of ether oxygens (including phenoxy) is 1. The third-order valence-corrected chi connectivity index (χ3v) is 23.5. The minimum Gasteiger partial charge on any atom is -0.687 e. The molecule has 8 rings (SSSR count). The van der Waals surface area contributed by atoms with Gasteiger partial charge in [-0.3, -0.25) is 0 Å². The number of benzene rings is 4. The van der Waals surface area contributed by atoms with Gasteiger partial charge in [0.2, 0.25) is 0 Å². The van der Waals surface area contributed by atoms with Crippen LogP contribution in [0.1, 0.15) is 61.8 Å². The maximum Gasteiger partial charge on any atom is 4.00 e. The van der Waals surface area contributed by atoms with Crippen LogP contribution in [0.5, 0.6) is 5.75 Å². The summed E-state index contributed by atoms with van der Waals surface area (Å²) in [5, 5.41) is 1.38. The molecule has 60 heavy (non-hydrogen) atoms. The summed E-state index contributed by atoms with van der Waals surface area (Å²) < 4.78 is 5.29. The van der Waals surface area contributed by atoms with Gasteiger partial charge in [0.05, 0.1) is 7.11 Å². The summed E-state index contributed by atoms with van der Waals surface area (Å²) in [4.78, 5) is 13.8. The van der Waals surface area contributed by atoms with Crippen molar-refractivity contribution in [2.75, 3.05) is 7.11 Å². The van der Waals surface area contributed by atoms with Crippen LogP contribution >= 0.6 is 23.5 Å².